The maximum atomic E-state index is 13.3. The first-order chi connectivity index (χ1) is 14.4. The van der Waals surface area contributed by atoms with Gasteiger partial charge in [-0.2, -0.15) is 0 Å². The van der Waals surface area contributed by atoms with E-state index in [0.29, 0.717) is 11.1 Å². The number of nitrogens with zero attached hydrogens (tertiary/aromatic N) is 3. The molecule has 2 aliphatic rings. The molecule has 2 heterocycles. The SMILES string of the molecule is CN=C(NCC1(N(C)C)CCOCC1)NC1CCCN(Cc2ccc(F)cc2Cl)C1.I. The summed E-state index contributed by atoms with van der Waals surface area (Å²) >= 11 is 6.22. The lowest BCUT2D eigenvalue weighted by Crippen LogP contribution is -2.58. The molecule has 6 nitrogen and oxygen atoms in total. The maximum Gasteiger partial charge on any atom is 0.191 e. The highest BCUT2D eigenvalue weighted by molar-refractivity contribution is 14.0. The molecule has 31 heavy (non-hydrogen) atoms. The molecule has 2 fully saturated rings. The van der Waals surface area contributed by atoms with E-state index in [1.807, 2.05) is 7.05 Å². The van der Waals surface area contributed by atoms with Gasteiger partial charge in [0, 0.05) is 56.5 Å². The van der Waals surface area contributed by atoms with Crippen molar-refractivity contribution in [3.8, 4) is 0 Å². The molecule has 0 bridgehead atoms. The Morgan fingerprint density at radius 2 is 2.10 bits per heavy atom. The molecule has 0 aliphatic carbocycles. The van der Waals surface area contributed by atoms with Gasteiger partial charge >= 0.3 is 0 Å². The summed E-state index contributed by atoms with van der Waals surface area (Å²) in [6.07, 6.45) is 4.23. The average molecular weight is 568 g/mol. The third-order valence-electron chi connectivity index (χ3n) is 6.44. The normalized spacial score (nSPS) is 22.1. The smallest absolute Gasteiger partial charge is 0.191 e. The van der Waals surface area contributed by atoms with Crippen LogP contribution in [0.1, 0.15) is 31.2 Å². The van der Waals surface area contributed by atoms with Gasteiger partial charge < -0.3 is 20.3 Å². The quantitative estimate of drug-likeness (QED) is 0.314. The summed E-state index contributed by atoms with van der Waals surface area (Å²) in [5, 5.41) is 7.64. The predicted molar refractivity (Wildman–Crippen MR) is 136 cm³/mol. The van der Waals surface area contributed by atoms with Gasteiger partial charge in [-0.05, 0) is 64.0 Å². The number of halogens is 3. The van der Waals surface area contributed by atoms with E-state index in [1.54, 1.807) is 6.07 Å². The van der Waals surface area contributed by atoms with Crippen LogP contribution in [0.2, 0.25) is 5.02 Å². The number of hydrogen-bond acceptors (Lipinski definition) is 4. The number of likely N-dealkylation sites (tertiary alicyclic amines) is 1. The van der Waals surface area contributed by atoms with Crippen molar-refractivity contribution in [2.45, 2.75) is 43.8 Å². The van der Waals surface area contributed by atoms with Crippen LogP contribution in [0.5, 0.6) is 0 Å². The molecule has 0 amide bonds. The van der Waals surface area contributed by atoms with Gasteiger partial charge in [0.15, 0.2) is 5.96 Å². The number of guanidine groups is 1. The molecule has 0 saturated carbocycles. The van der Waals surface area contributed by atoms with E-state index in [0.717, 1.165) is 76.6 Å². The highest BCUT2D eigenvalue weighted by Crippen LogP contribution is 2.25. The fourth-order valence-corrected chi connectivity index (χ4v) is 4.60. The Balaban J connectivity index is 0.00000341. The third kappa shape index (κ3) is 7.42. The van der Waals surface area contributed by atoms with Gasteiger partial charge in [0.1, 0.15) is 5.82 Å². The second-order valence-corrected chi connectivity index (χ2v) is 9.02. The first-order valence-corrected chi connectivity index (χ1v) is 11.2. The number of rotatable bonds is 6. The summed E-state index contributed by atoms with van der Waals surface area (Å²) in [4.78, 5) is 9.13. The van der Waals surface area contributed by atoms with Crippen LogP contribution in [-0.4, -0.2) is 81.3 Å². The van der Waals surface area contributed by atoms with E-state index in [2.05, 4.69) is 39.5 Å². The van der Waals surface area contributed by atoms with Crippen molar-refractivity contribution < 1.29 is 9.13 Å². The van der Waals surface area contributed by atoms with E-state index in [1.165, 1.54) is 12.1 Å². The Kier molecular flexibility index (Phi) is 10.7. The van der Waals surface area contributed by atoms with Gasteiger partial charge in [0.05, 0.1) is 0 Å². The topological polar surface area (TPSA) is 52.1 Å². The van der Waals surface area contributed by atoms with Crippen LogP contribution in [0.4, 0.5) is 4.39 Å². The molecule has 9 heteroatoms. The Labute approximate surface area is 207 Å². The van der Waals surface area contributed by atoms with Gasteiger partial charge in [-0.3, -0.25) is 9.89 Å². The molecule has 0 radical (unpaired) electrons. The van der Waals surface area contributed by atoms with Crippen molar-refractivity contribution >= 4 is 41.5 Å². The van der Waals surface area contributed by atoms with Gasteiger partial charge in [-0.15, -0.1) is 24.0 Å². The van der Waals surface area contributed by atoms with E-state index in [4.69, 9.17) is 16.3 Å². The van der Waals surface area contributed by atoms with Crippen LogP contribution in [0, 0.1) is 5.82 Å². The monoisotopic (exact) mass is 567 g/mol. The molecule has 2 aliphatic heterocycles. The third-order valence-corrected chi connectivity index (χ3v) is 6.79. The Morgan fingerprint density at radius 1 is 1.35 bits per heavy atom. The van der Waals surface area contributed by atoms with Crippen molar-refractivity contribution in [1.82, 2.24) is 20.4 Å². The highest BCUT2D eigenvalue weighted by Gasteiger charge is 2.35. The average Bonchev–Trinajstić information content (AvgIpc) is 2.74. The van der Waals surface area contributed by atoms with E-state index < -0.39 is 0 Å². The molecule has 1 atom stereocenters. The lowest BCUT2D eigenvalue weighted by atomic mass is 9.88. The Bertz CT molecular complexity index is 730. The van der Waals surface area contributed by atoms with Crippen LogP contribution in [0.25, 0.3) is 0 Å². The van der Waals surface area contributed by atoms with Crippen LogP contribution in [0.15, 0.2) is 23.2 Å². The minimum atomic E-state index is -0.295. The van der Waals surface area contributed by atoms with Crippen molar-refractivity contribution in [3.63, 3.8) is 0 Å². The first kappa shape index (κ1) is 26.6. The fourth-order valence-electron chi connectivity index (χ4n) is 4.38. The molecular formula is C22H36ClFIN5O. The summed E-state index contributed by atoms with van der Waals surface area (Å²) in [5.74, 6) is 0.547. The zero-order chi connectivity index (χ0) is 21.6. The molecule has 2 N–H and O–H groups in total. The number of benzene rings is 1. The number of ether oxygens (including phenoxy) is 1. The van der Waals surface area contributed by atoms with Gasteiger partial charge in [-0.25, -0.2) is 4.39 Å². The van der Waals surface area contributed by atoms with Crippen molar-refractivity contribution in [3.05, 3.63) is 34.6 Å². The van der Waals surface area contributed by atoms with Crippen molar-refractivity contribution in [1.29, 1.82) is 0 Å². The first-order valence-electron chi connectivity index (χ1n) is 10.8. The summed E-state index contributed by atoms with van der Waals surface area (Å²) in [7, 11) is 6.10. The number of piperidine rings is 1. The number of aliphatic imine (C=N–C) groups is 1. The molecule has 176 valence electrons. The van der Waals surface area contributed by atoms with E-state index in [-0.39, 0.29) is 35.3 Å². The molecule has 0 aromatic heterocycles. The minimum Gasteiger partial charge on any atom is -0.381 e. The van der Waals surface area contributed by atoms with Crippen LogP contribution in [0.3, 0.4) is 0 Å². The molecule has 1 unspecified atom stereocenters. The van der Waals surface area contributed by atoms with Gasteiger partial charge in [0.2, 0.25) is 0 Å². The van der Waals surface area contributed by atoms with Crippen LogP contribution < -0.4 is 10.6 Å². The molecule has 2 saturated heterocycles. The molecule has 1 aromatic carbocycles. The van der Waals surface area contributed by atoms with Crippen molar-refractivity contribution in [2.75, 3.05) is 54.0 Å². The molecule has 0 spiro atoms. The second kappa shape index (κ2) is 12.5. The Hall–Kier alpha value is -0.680. The lowest BCUT2D eigenvalue weighted by Gasteiger charge is -2.43. The minimum absolute atomic E-state index is 0. The molecule has 1 aromatic rings. The number of likely N-dealkylation sites (N-methyl/N-ethyl adjacent to an activating group) is 1. The summed E-state index contributed by atoms with van der Waals surface area (Å²) in [5.41, 5.74) is 1.06. The van der Waals surface area contributed by atoms with E-state index in [9.17, 15) is 4.39 Å². The highest BCUT2D eigenvalue weighted by atomic mass is 127. The number of nitrogens with one attached hydrogen (secondary N) is 2. The van der Waals surface area contributed by atoms with Crippen LogP contribution >= 0.6 is 35.6 Å². The van der Waals surface area contributed by atoms with Crippen LogP contribution in [-0.2, 0) is 11.3 Å². The summed E-state index contributed by atoms with van der Waals surface area (Å²) in [6, 6.07) is 4.96. The fraction of sp³-hybridized carbons (Fsp3) is 0.682. The molecular weight excluding hydrogens is 532 g/mol. The predicted octanol–water partition coefficient (Wildman–Crippen LogP) is 3.34. The lowest BCUT2D eigenvalue weighted by molar-refractivity contribution is -0.00504. The summed E-state index contributed by atoms with van der Waals surface area (Å²) < 4.78 is 18.9. The maximum absolute atomic E-state index is 13.3. The van der Waals surface area contributed by atoms with Gasteiger partial charge in [-0.1, -0.05) is 17.7 Å². The zero-order valence-corrected chi connectivity index (χ0v) is 21.9. The second-order valence-electron chi connectivity index (χ2n) is 8.61. The van der Waals surface area contributed by atoms with Gasteiger partial charge in [0.25, 0.3) is 0 Å². The van der Waals surface area contributed by atoms with Crippen molar-refractivity contribution in [2.24, 2.45) is 4.99 Å². The molecule has 3 rings (SSSR count). The van der Waals surface area contributed by atoms with E-state index >= 15 is 0 Å². The number of hydrogen-bond donors (Lipinski definition) is 2. The Morgan fingerprint density at radius 3 is 2.74 bits per heavy atom. The zero-order valence-electron chi connectivity index (χ0n) is 18.8. The standard InChI is InChI=1S/C22H35ClFN5O.HI/c1-25-21(26-16-22(28(2)3)8-11-30-12-9-22)27-19-5-4-10-29(15-19)14-17-6-7-18(24)13-20(17)23;/h6-7,13,19H,4-5,8-12,14-16H2,1-3H3,(H2,25,26,27);1H. The summed E-state index contributed by atoms with van der Waals surface area (Å²) in [6.45, 7) is 5.09. The largest absolute Gasteiger partial charge is 0.381 e.